The van der Waals surface area contributed by atoms with Crippen LogP contribution in [0, 0.1) is 3.57 Å². The molecule has 1 amide bonds. The largest absolute Gasteiger partial charge is 0.375 e. The maximum absolute atomic E-state index is 11.8. The highest BCUT2D eigenvalue weighted by Gasteiger charge is 2.17. The summed E-state index contributed by atoms with van der Waals surface area (Å²) in [7, 11) is 0. The third-order valence-corrected chi connectivity index (χ3v) is 4.09. The van der Waals surface area contributed by atoms with Crippen molar-refractivity contribution in [1.29, 1.82) is 0 Å². The lowest BCUT2D eigenvalue weighted by Crippen LogP contribution is -2.45. The number of carbonyl (C=O) groups is 1. The lowest BCUT2D eigenvalue weighted by atomic mass is 10.0. The van der Waals surface area contributed by atoms with Gasteiger partial charge in [-0.25, -0.2) is 0 Å². The van der Waals surface area contributed by atoms with Crippen molar-refractivity contribution >= 4 is 50.1 Å². The Hall–Kier alpha value is -0.300. The Morgan fingerprint density at radius 1 is 1.44 bits per heavy atom. The molecule has 3 nitrogen and oxygen atoms in total. The van der Waals surface area contributed by atoms with Gasteiger partial charge in [0.25, 0.3) is 0 Å². The van der Waals surface area contributed by atoms with Crippen LogP contribution >= 0.6 is 38.5 Å². The van der Waals surface area contributed by atoms with E-state index < -0.39 is 0 Å². The zero-order valence-corrected chi connectivity index (χ0v) is 14.6. The summed E-state index contributed by atoms with van der Waals surface area (Å²) in [5, 5.41) is 6.13. The molecule has 0 unspecified atom stereocenters. The van der Waals surface area contributed by atoms with Gasteiger partial charge in [0, 0.05) is 19.3 Å². The number of rotatable bonds is 5. The minimum absolute atomic E-state index is 0.00705. The van der Waals surface area contributed by atoms with Crippen molar-refractivity contribution in [2.24, 2.45) is 0 Å². The van der Waals surface area contributed by atoms with Crippen molar-refractivity contribution in [3.05, 3.63) is 26.2 Å². The molecule has 0 aliphatic carbocycles. The van der Waals surface area contributed by atoms with Gasteiger partial charge >= 0.3 is 0 Å². The molecule has 18 heavy (non-hydrogen) atoms. The number of benzene rings is 1. The van der Waals surface area contributed by atoms with Crippen LogP contribution in [0.1, 0.15) is 27.2 Å². The Morgan fingerprint density at radius 2 is 2.11 bits per heavy atom. The third-order valence-electron chi connectivity index (χ3n) is 2.73. The average molecular weight is 425 g/mol. The predicted molar refractivity (Wildman–Crippen MR) is 87.9 cm³/mol. The first-order chi connectivity index (χ1) is 8.34. The molecule has 0 saturated carbocycles. The summed E-state index contributed by atoms with van der Waals surface area (Å²) in [4.78, 5) is 11.8. The highest BCUT2D eigenvalue weighted by Crippen LogP contribution is 2.24. The minimum Gasteiger partial charge on any atom is -0.375 e. The van der Waals surface area contributed by atoms with Gasteiger partial charge in [-0.3, -0.25) is 4.79 Å². The van der Waals surface area contributed by atoms with Gasteiger partial charge in [-0.2, -0.15) is 0 Å². The van der Waals surface area contributed by atoms with Crippen molar-refractivity contribution in [2.45, 2.75) is 32.7 Å². The molecule has 0 aromatic heterocycles. The van der Waals surface area contributed by atoms with E-state index in [9.17, 15) is 4.79 Å². The zero-order valence-electron chi connectivity index (χ0n) is 10.8. The number of hydrogen-bond acceptors (Lipinski definition) is 2. The average Bonchev–Trinajstić information content (AvgIpc) is 2.30. The number of hydrogen-bond donors (Lipinski definition) is 2. The van der Waals surface area contributed by atoms with E-state index in [2.05, 4.69) is 56.1 Å². The monoisotopic (exact) mass is 424 g/mol. The summed E-state index contributed by atoms with van der Waals surface area (Å²) in [5.74, 6) is 0.00705. The quantitative estimate of drug-likeness (QED) is 0.706. The first kappa shape index (κ1) is 15.8. The topological polar surface area (TPSA) is 41.1 Å². The van der Waals surface area contributed by atoms with Gasteiger partial charge in [0.1, 0.15) is 0 Å². The molecule has 2 N–H and O–H groups in total. The number of carbonyl (C=O) groups excluding carboxylic acids is 1. The summed E-state index contributed by atoms with van der Waals surface area (Å²) < 4.78 is 2.10. The van der Waals surface area contributed by atoms with Crippen LogP contribution in [0.4, 0.5) is 5.69 Å². The fourth-order valence-corrected chi connectivity index (χ4v) is 2.20. The number of amides is 1. The van der Waals surface area contributed by atoms with Crippen LogP contribution < -0.4 is 10.6 Å². The Kier molecular flexibility index (Phi) is 5.91. The van der Waals surface area contributed by atoms with E-state index >= 15 is 0 Å². The Bertz CT molecular complexity index is 435. The lowest BCUT2D eigenvalue weighted by molar-refractivity contribution is -0.121. The third kappa shape index (κ3) is 5.14. The van der Waals surface area contributed by atoms with Gasteiger partial charge in [-0.1, -0.05) is 6.92 Å². The van der Waals surface area contributed by atoms with Crippen LogP contribution in [0.15, 0.2) is 22.7 Å². The van der Waals surface area contributed by atoms with Crippen molar-refractivity contribution in [3.8, 4) is 0 Å². The van der Waals surface area contributed by atoms with Crippen LogP contribution in [0.5, 0.6) is 0 Å². The minimum atomic E-state index is -0.152. The molecule has 1 aromatic carbocycles. The Morgan fingerprint density at radius 3 is 2.72 bits per heavy atom. The van der Waals surface area contributed by atoms with Crippen LogP contribution in [-0.2, 0) is 4.79 Å². The van der Waals surface area contributed by atoms with Gasteiger partial charge in [0.05, 0.1) is 6.54 Å². The molecule has 0 atom stereocenters. The summed E-state index contributed by atoms with van der Waals surface area (Å²) in [6.45, 7) is 6.38. The maximum Gasteiger partial charge on any atom is 0.239 e. The molecule has 0 fully saturated rings. The molecule has 0 aliphatic rings. The molecule has 0 heterocycles. The molecule has 5 heteroatoms. The van der Waals surface area contributed by atoms with Gasteiger partial charge in [0.2, 0.25) is 5.91 Å². The van der Waals surface area contributed by atoms with Gasteiger partial charge < -0.3 is 10.6 Å². The van der Waals surface area contributed by atoms with E-state index in [1.807, 2.05) is 32.0 Å². The van der Waals surface area contributed by atoms with Gasteiger partial charge in [-0.05, 0) is 77.0 Å². The summed E-state index contributed by atoms with van der Waals surface area (Å²) >= 11 is 5.70. The van der Waals surface area contributed by atoms with E-state index in [0.29, 0.717) is 0 Å². The summed E-state index contributed by atoms with van der Waals surface area (Å²) in [5.41, 5.74) is 0.785. The highest BCUT2D eigenvalue weighted by atomic mass is 127. The molecule has 0 aliphatic heterocycles. The second-order valence-corrected chi connectivity index (χ2v) is 6.86. The van der Waals surface area contributed by atoms with E-state index in [1.165, 1.54) is 0 Å². The lowest BCUT2D eigenvalue weighted by Gasteiger charge is -2.24. The van der Waals surface area contributed by atoms with Crippen molar-refractivity contribution in [3.63, 3.8) is 0 Å². The standard InChI is InChI=1S/C13H18BrIN2O/c1-4-13(2,3)17-12(18)8-16-11-7-9(15)5-6-10(11)14/h5-7,16H,4,8H2,1-3H3,(H,17,18). The summed E-state index contributed by atoms with van der Waals surface area (Å²) in [6, 6.07) is 5.98. The van der Waals surface area contributed by atoms with Crippen LogP contribution in [0.3, 0.4) is 0 Å². The fourth-order valence-electron chi connectivity index (χ4n) is 1.32. The Labute approximate surface area is 130 Å². The number of nitrogens with one attached hydrogen (secondary N) is 2. The smallest absolute Gasteiger partial charge is 0.239 e. The number of anilines is 1. The van der Waals surface area contributed by atoms with Gasteiger partial charge in [-0.15, -0.1) is 0 Å². The second-order valence-electron chi connectivity index (χ2n) is 4.76. The SMILES string of the molecule is CCC(C)(C)NC(=O)CNc1cc(I)ccc1Br. The summed E-state index contributed by atoms with van der Waals surface area (Å²) in [6.07, 6.45) is 0.908. The predicted octanol–water partition coefficient (Wildman–Crippen LogP) is 3.77. The van der Waals surface area contributed by atoms with Crippen molar-refractivity contribution in [2.75, 3.05) is 11.9 Å². The molecule has 0 saturated heterocycles. The molecule has 1 aromatic rings. The zero-order chi connectivity index (χ0) is 13.8. The van der Waals surface area contributed by atoms with E-state index in [1.54, 1.807) is 0 Å². The van der Waals surface area contributed by atoms with Crippen molar-refractivity contribution in [1.82, 2.24) is 5.32 Å². The second kappa shape index (κ2) is 6.75. The van der Waals surface area contributed by atoms with E-state index in [4.69, 9.17) is 0 Å². The molecular weight excluding hydrogens is 407 g/mol. The first-order valence-electron chi connectivity index (χ1n) is 5.84. The molecule has 0 bridgehead atoms. The maximum atomic E-state index is 11.8. The van der Waals surface area contributed by atoms with Crippen LogP contribution in [-0.4, -0.2) is 18.0 Å². The molecule has 100 valence electrons. The molecular formula is C13H18BrIN2O. The van der Waals surface area contributed by atoms with Gasteiger partial charge in [0.15, 0.2) is 0 Å². The van der Waals surface area contributed by atoms with Crippen molar-refractivity contribution < 1.29 is 4.79 Å². The molecule has 1 rings (SSSR count). The fraction of sp³-hybridized carbons (Fsp3) is 0.462. The van der Waals surface area contributed by atoms with E-state index in [0.717, 1.165) is 20.2 Å². The van der Waals surface area contributed by atoms with Crippen LogP contribution in [0.25, 0.3) is 0 Å². The highest BCUT2D eigenvalue weighted by molar-refractivity contribution is 14.1. The molecule has 0 spiro atoms. The van der Waals surface area contributed by atoms with Crippen LogP contribution in [0.2, 0.25) is 0 Å². The number of halogens is 2. The Balaban J connectivity index is 2.55. The normalized spacial score (nSPS) is 11.2. The van der Waals surface area contributed by atoms with E-state index in [-0.39, 0.29) is 18.0 Å². The first-order valence-corrected chi connectivity index (χ1v) is 7.71. The molecule has 0 radical (unpaired) electrons.